The Morgan fingerprint density at radius 2 is 0.750 bits per heavy atom. The molecule has 0 aliphatic carbocycles. The molecule has 0 aromatic carbocycles. The molecular formula is C50H100N2O4. The van der Waals surface area contributed by atoms with Gasteiger partial charge in [0.2, 0.25) is 0 Å². The molecule has 0 aromatic heterocycles. The van der Waals surface area contributed by atoms with Crippen LogP contribution in [-0.2, 0) is 19.1 Å². The lowest BCUT2D eigenvalue weighted by Crippen LogP contribution is -2.31. The van der Waals surface area contributed by atoms with Crippen LogP contribution in [0, 0.1) is 11.8 Å². The van der Waals surface area contributed by atoms with Crippen LogP contribution in [0.3, 0.4) is 0 Å². The van der Waals surface area contributed by atoms with E-state index in [2.05, 4.69) is 52.0 Å². The Labute approximate surface area is 350 Å². The van der Waals surface area contributed by atoms with Crippen LogP contribution in [-0.4, -0.2) is 63.3 Å². The van der Waals surface area contributed by atoms with E-state index in [9.17, 15) is 9.59 Å². The Morgan fingerprint density at radius 3 is 1.12 bits per heavy atom. The first kappa shape index (κ1) is 54.9. The summed E-state index contributed by atoms with van der Waals surface area (Å²) in [5.41, 5.74) is 0. The number of carbonyl (C=O) groups excluding carboxylic acids is 2. The molecule has 2 atom stereocenters. The van der Waals surface area contributed by atoms with Crippen LogP contribution in [0.2, 0.25) is 0 Å². The van der Waals surface area contributed by atoms with Gasteiger partial charge in [-0.3, -0.25) is 9.59 Å². The molecule has 6 heteroatoms. The number of ether oxygens (including phenoxy) is 2. The quantitative estimate of drug-likeness (QED) is 0.0489. The van der Waals surface area contributed by atoms with Gasteiger partial charge in [-0.15, -0.1) is 0 Å². The largest absolute Gasteiger partial charge is 0.465 e. The summed E-state index contributed by atoms with van der Waals surface area (Å²) in [5.74, 6) is 1.07. The fourth-order valence-corrected chi connectivity index (χ4v) is 8.06. The van der Waals surface area contributed by atoms with E-state index in [1.165, 1.54) is 154 Å². The van der Waals surface area contributed by atoms with E-state index in [4.69, 9.17) is 9.47 Å². The van der Waals surface area contributed by atoms with E-state index < -0.39 is 0 Å². The van der Waals surface area contributed by atoms with Gasteiger partial charge in [0.1, 0.15) is 0 Å². The van der Waals surface area contributed by atoms with Crippen LogP contribution >= 0.6 is 0 Å². The molecule has 0 rings (SSSR count). The molecule has 0 saturated heterocycles. The molecule has 0 saturated carbocycles. The lowest BCUT2D eigenvalue weighted by atomic mass is 9.95. The van der Waals surface area contributed by atoms with Gasteiger partial charge in [0.25, 0.3) is 0 Å². The first-order valence-corrected chi connectivity index (χ1v) is 25.0. The van der Waals surface area contributed by atoms with Crippen molar-refractivity contribution in [3.63, 3.8) is 0 Å². The van der Waals surface area contributed by atoms with Crippen molar-refractivity contribution in [2.24, 2.45) is 11.8 Å². The van der Waals surface area contributed by atoms with Crippen molar-refractivity contribution in [1.29, 1.82) is 0 Å². The SMILES string of the molecule is CCCCCCCCC(CCCCCC)COC(=O)CCCCCC(CCCCCC(=O)OCC(CCCCCC)CCCCCCCC)NCCCN(C)C. The highest BCUT2D eigenvalue weighted by Gasteiger charge is 2.15. The van der Waals surface area contributed by atoms with Crippen LogP contribution in [0.15, 0.2) is 0 Å². The van der Waals surface area contributed by atoms with Crippen LogP contribution in [0.25, 0.3) is 0 Å². The maximum atomic E-state index is 12.7. The van der Waals surface area contributed by atoms with E-state index in [-0.39, 0.29) is 11.9 Å². The minimum absolute atomic E-state index is 0.00342. The van der Waals surface area contributed by atoms with E-state index in [1.54, 1.807) is 0 Å². The molecule has 0 aromatic rings. The number of rotatable bonds is 45. The second kappa shape index (κ2) is 43.4. The summed E-state index contributed by atoms with van der Waals surface area (Å²) in [6.07, 6.45) is 41.8. The summed E-state index contributed by atoms with van der Waals surface area (Å²) < 4.78 is 11.7. The molecule has 0 heterocycles. The number of hydrogen-bond donors (Lipinski definition) is 1. The standard InChI is InChI=1S/C50H100N2O4/c1-7-11-15-19-21-27-36-46(34-25-17-13-9-3)44-55-49(53)40-31-23-29-38-48(51-42-33-43-52(5)6)39-30-24-32-41-50(54)56-45-47(35-26-18-14-10-4)37-28-22-20-16-12-8-2/h46-48,51H,7-45H2,1-6H3. The normalized spacial score (nSPS) is 13.3. The average molecular weight is 793 g/mol. The highest BCUT2D eigenvalue weighted by Crippen LogP contribution is 2.22. The summed E-state index contributed by atoms with van der Waals surface area (Å²) in [6, 6.07) is 0.502. The zero-order chi connectivity index (χ0) is 41.2. The Balaban J connectivity index is 4.52. The van der Waals surface area contributed by atoms with Crippen LogP contribution in [0.5, 0.6) is 0 Å². The Morgan fingerprint density at radius 1 is 0.429 bits per heavy atom. The molecule has 2 unspecified atom stereocenters. The number of carbonyl (C=O) groups is 2. The van der Waals surface area contributed by atoms with Crippen molar-refractivity contribution in [3.8, 4) is 0 Å². The molecule has 334 valence electrons. The van der Waals surface area contributed by atoms with Gasteiger partial charge >= 0.3 is 11.9 Å². The fourth-order valence-electron chi connectivity index (χ4n) is 8.06. The Hall–Kier alpha value is -1.14. The van der Waals surface area contributed by atoms with Gasteiger partial charge < -0.3 is 19.7 Å². The van der Waals surface area contributed by atoms with Crippen molar-refractivity contribution in [3.05, 3.63) is 0 Å². The lowest BCUT2D eigenvalue weighted by Gasteiger charge is -2.20. The van der Waals surface area contributed by atoms with Crippen molar-refractivity contribution < 1.29 is 19.1 Å². The maximum Gasteiger partial charge on any atom is 0.305 e. The fraction of sp³-hybridized carbons (Fsp3) is 0.960. The first-order valence-electron chi connectivity index (χ1n) is 25.0. The van der Waals surface area contributed by atoms with Crippen LogP contribution in [0.4, 0.5) is 0 Å². The predicted octanol–water partition coefficient (Wildman–Crippen LogP) is 14.6. The number of nitrogens with one attached hydrogen (secondary N) is 1. The number of esters is 2. The van der Waals surface area contributed by atoms with Crippen LogP contribution in [0.1, 0.15) is 252 Å². The van der Waals surface area contributed by atoms with Gasteiger partial charge in [0, 0.05) is 18.9 Å². The molecule has 0 bridgehead atoms. The van der Waals surface area contributed by atoms with Crippen molar-refractivity contribution in [2.75, 3.05) is 40.4 Å². The van der Waals surface area contributed by atoms with Gasteiger partial charge in [-0.2, -0.15) is 0 Å². The monoisotopic (exact) mass is 793 g/mol. The average Bonchev–Trinajstić information content (AvgIpc) is 3.18. The molecule has 0 spiro atoms. The lowest BCUT2D eigenvalue weighted by molar-refractivity contribution is -0.146. The topological polar surface area (TPSA) is 67.9 Å². The van der Waals surface area contributed by atoms with Crippen molar-refractivity contribution in [1.82, 2.24) is 10.2 Å². The molecule has 6 nitrogen and oxygen atoms in total. The summed E-state index contributed by atoms with van der Waals surface area (Å²) in [6.45, 7) is 12.5. The molecule has 56 heavy (non-hydrogen) atoms. The summed E-state index contributed by atoms with van der Waals surface area (Å²) in [7, 11) is 4.28. The Kier molecular flexibility index (Phi) is 42.6. The maximum absolute atomic E-state index is 12.7. The number of hydrogen-bond acceptors (Lipinski definition) is 6. The van der Waals surface area contributed by atoms with E-state index in [0.717, 1.165) is 70.9 Å². The zero-order valence-electron chi connectivity index (χ0n) is 38.9. The molecular weight excluding hydrogens is 693 g/mol. The molecule has 0 aliphatic heterocycles. The van der Waals surface area contributed by atoms with Gasteiger partial charge in [0.15, 0.2) is 0 Å². The molecule has 0 amide bonds. The third kappa shape index (κ3) is 39.7. The highest BCUT2D eigenvalue weighted by molar-refractivity contribution is 5.69. The summed E-state index contributed by atoms with van der Waals surface area (Å²) in [4.78, 5) is 27.6. The zero-order valence-corrected chi connectivity index (χ0v) is 38.9. The smallest absolute Gasteiger partial charge is 0.305 e. The van der Waals surface area contributed by atoms with E-state index in [0.29, 0.717) is 43.9 Å². The van der Waals surface area contributed by atoms with Gasteiger partial charge in [-0.1, -0.05) is 182 Å². The third-order valence-electron chi connectivity index (χ3n) is 11.9. The van der Waals surface area contributed by atoms with E-state index in [1.807, 2.05) is 0 Å². The van der Waals surface area contributed by atoms with E-state index >= 15 is 0 Å². The summed E-state index contributed by atoms with van der Waals surface area (Å²) >= 11 is 0. The van der Waals surface area contributed by atoms with Crippen molar-refractivity contribution in [2.45, 2.75) is 258 Å². The molecule has 0 aliphatic rings. The number of unbranched alkanes of at least 4 members (excludes halogenated alkanes) is 20. The second-order valence-corrected chi connectivity index (χ2v) is 17.9. The van der Waals surface area contributed by atoms with Crippen LogP contribution < -0.4 is 5.32 Å². The Bertz CT molecular complexity index is 763. The first-order chi connectivity index (χ1) is 27.4. The molecule has 1 N–H and O–H groups in total. The third-order valence-corrected chi connectivity index (χ3v) is 11.9. The molecule has 0 radical (unpaired) electrons. The minimum atomic E-state index is 0.00342. The van der Waals surface area contributed by atoms with Crippen molar-refractivity contribution >= 4 is 11.9 Å². The molecule has 0 fully saturated rings. The second-order valence-electron chi connectivity index (χ2n) is 17.9. The highest BCUT2D eigenvalue weighted by atomic mass is 16.5. The minimum Gasteiger partial charge on any atom is -0.465 e. The number of nitrogens with zero attached hydrogens (tertiary/aromatic N) is 1. The van der Waals surface area contributed by atoms with Gasteiger partial charge in [-0.25, -0.2) is 0 Å². The summed E-state index contributed by atoms with van der Waals surface area (Å²) in [5, 5.41) is 3.84. The van der Waals surface area contributed by atoms with Gasteiger partial charge in [-0.05, 0) is 96.8 Å². The predicted molar refractivity (Wildman–Crippen MR) is 244 cm³/mol. The van der Waals surface area contributed by atoms with Gasteiger partial charge in [0.05, 0.1) is 13.2 Å².